The van der Waals surface area contributed by atoms with Gasteiger partial charge in [-0.3, -0.25) is 0 Å². The summed E-state index contributed by atoms with van der Waals surface area (Å²) in [7, 11) is 0. The molecule has 2 aliphatic rings. The van der Waals surface area contributed by atoms with Crippen LogP contribution in [-0.4, -0.2) is 4.57 Å². The number of pyridine rings is 1. The van der Waals surface area contributed by atoms with Crippen LogP contribution in [0.25, 0.3) is 16.9 Å². The SMILES string of the molecule is Cc1cc2ccn(-c3ccccc3)cc-2[n+]1N. The maximum absolute atomic E-state index is 5.99. The molecule has 84 valence electrons. The lowest BCUT2D eigenvalue weighted by Crippen LogP contribution is -2.46. The molecule has 17 heavy (non-hydrogen) atoms. The molecule has 1 aromatic carbocycles. The zero-order valence-corrected chi connectivity index (χ0v) is 9.67. The molecule has 3 nitrogen and oxygen atoms in total. The summed E-state index contributed by atoms with van der Waals surface area (Å²) >= 11 is 0. The molecule has 2 aliphatic heterocycles. The van der Waals surface area contributed by atoms with Gasteiger partial charge in [0.1, 0.15) is 0 Å². The van der Waals surface area contributed by atoms with E-state index in [-0.39, 0.29) is 0 Å². The number of nitrogens with two attached hydrogens (primary N) is 1. The second-order valence-corrected chi connectivity index (χ2v) is 4.18. The maximum atomic E-state index is 5.99. The van der Waals surface area contributed by atoms with Crippen molar-refractivity contribution in [3.8, 4) is 16.9 Å². The van der Waals surface area contributed by atoms with Gasteiger partial charge in [-0.2, -0.15) is 0 Å². The average molecular weight is 224 g/mol. The van der Waals surface area contributed by atoms with E-state index in [4.69, 9.17) is 5.84 Å². The zero-order valence-electron chi connectivity index (χ0n) is 9.67. The van der Waals surface area contributed by atoms with Crippen LogP contribution < -0.4 is 10.5 Å². The molecule has 0 saturated carbocycles. The van der Waals surface area contributed by atoms with Crippen LogP contribution in [0.3, 0.4) is 0 Å². The first-order valence-electron chi connectivity index (χ1n) is 5.59. The van der Waals surface area contributed by atoms with Gasteiger partial charge in [0.25, 0.3) is 5.69 Å². The fourth-order valence-corrected chi connectivity index (χ4v) is 2.06. The van der Waals surface area contributed by atoms with Gasteiger partial charge >= 0.3 is 0 Å². The molecule has 0 radical (unpaired) electrons. The molecular formula is C14H14N3+. The Labute approximate surface area is 100 Å². The highest BCUT2D eigenvalue weighted by atomic mass is 15.3. The largest absolute Gasteiger partial charge is 0.317 e. The normalized spacial score (nSPS) is 10.9. The highest BCUT2D eigenvalue weighted by Gasteiger charge is 2.20. The van der Waals surface area contributed by atoms with Crippen molar-refractivity contribution in [1.29, 1.82) is 0 Å². The fourth-order valence-electron chi connectivity index (χ4n) is 2.06. The van der Waals surface area contributed by atoms with Crippen LogP contribution in [0.15, 0.2) is 54.9 Å². The van der Waals surface area contributed by atoms with Crippen LogP contribution in [0, 0.1) is 6.92 Å². The molecule has 0 atom stereocenters. The third kappa shape index (κ3) is 1.56. The summed E-state index contributed by atoms with van der Waals surface area (Å²) in [5, 5.41) is 0. The minimum atomic E-state index is 1.04. The molecule has 2 heterocycles. The third-order valence-corrected chi connectivity index (χ3v) is 3.03. The summed E-state index contributed by atoms with van der Waals surface area (Å²) in [6.07, 6.45) is 4.11. The number of aryl methyl sites for hydroxylation is 1. The summed E-state index contributed by atoms with van der Waals surface area (Å²) in [5.74, 6) is 5.99. The Morgan fingerprint density at radius 3 is 2.65 bits per heavy atom. The van der Waals surface area contributed by atoms with Crippen LogP contribution in [0.5, 0.6) is 0 Å². The van der Waals surface area contributed by atoms with Crippen molar-refractivity contribution < 1.29 is 4.68 Å². The van der Waals surface area contributed by atoms with Gasteiger partial charge in [0, 0.05) is 24.9 Å². The van der Waals surface area contributed by atoms with Crippen molar-refractivity contribution in [1.82, 2.24) is 4.57 Å². The van der Waals surface area contributed by atoms with E-state index in [1.54, 1.807) is 4.68 Å². The van der Waals surface area contributed by atoms with Crippen LogP contribution >= 0.6 is 0 Å². The van der Waals surface area contributed by atoms with Gasteiger partial charge in [0.05, 0.1) is 11.8 Å². The van der Waals surface area contributed by atoms with Gasteiger partial charge in [-0.25, -0.2) is 5.84 Å². The molecule has 3 rings (SSSR count). The molecule has 3 heteroatoms. The van der Waals surface area contributed by atoms with Gasteiger partial charge in [-0.1, -0.05) is 22.9 Å². The lowest BCUT2D eigenvalue weighted by molar-refractivity contribution is -0.630. The Hall–Kier alpha value is -2.29. The Kier molecular flexibility index (Phi) is 2.11. The van der Waals surface area contributed by atoms with Gasteiger partial charge in [-0.05, 0) is 18.2 Å². The first-order valence-corrected chi connectivity index (χ1v) is 5.59. The van der Waals surface area contributed by atoms with Crippen molar-refractivity contribution >= 4 is 0 Å². The van der Waals surface area contributed by atoms with E-state index in [1.807, 2.05) is 25.1 Å². The Balaban J connectivity index is 2.21. The van der Waals surface area contributed by atoms with E-state index < -0.39 is 0 Å². The van der Waals surface area contributed by atoms with Crippen molar-refractivity contribution in [3.05, 3.63) is 60.6 Å². The van der Waals surface area contributed by atoms with Crippen LogP contribution in [0.2, 0.25) is 0 Å². The molecule has 2 N–H and O–H groups in total. The molecule has 0 aliphatic carbocycles. The molecule has 0 aromatic heterocycles. The van der Waals surface area contributed by atoms with E-state index in [9.17, 15) is 0 Å². The highest BCUT2D eigenvalue weighted by Crippen LogP contribution is 2.20. The monoisotopic (exact) mass is 224 g/mol. The van der Waals surface area contributed by atoms with Crippen LogP contribution in [0.4, 0.5) is 0 Å². The molecular weight excluding hydrogens is 210 g/mol. The van der Waals surface area contributed by atoms with Crippen molar-refractivity contribution in [2.75, 3.05) is 5.84 Å². The van der Waals surface area contributed by atoms with E-state index in [2.05, 4.69) is 41.2 Å². The third-order valence-electron chi connectivity index (χ3n) is 3.03. The lowest BCUT2D eigenvalue weighted by atomic mass is 10.2. The molecule has 0 amide bonds. The maximum Gasteiger partial charge on any atom is 0.259 e. The Morgan fingerprint density at radius 2 is 1.88 bits per heavy atom. The van der Waals surface area contributed by atoms with E-state index >= 15 is 0 Å². The molecule has 1 aromatic rings. The van der Waals surface area contributed by atoms with Gasteiger partial charge in [0.2, 0.25) is 5.69 Å². The second kappa shape index (κ2) is 3.63. The smallest absolute Gasteiger partial charge is 0.259 e. The summed E-state index contributed by atoms with van der Waals surface area (Å²) in [5.41, 5.74) is 4.39. The predicted octanol–water partition coefficient (Wildman–Crippen LogP) is 1.89. The average Bonchev–Trinajstić information content (AvgIpc) is 2.66. The van der Waals surface area contributed by atoms with Crippen LogP contribution in [0.1, 0.15) is 5.69 Å². The van der Waals surface area contributed by atoms with Gasteiger partial charge in [-0.15, -0.1) is 0 Å². The molecule has 0 fully saturated rings. The standard InChI is InChI=1S/C14H14N3/c1-11-9-12-7-8-16(10-14(12)17(11)15)13-5-3-2-4-6-13/h2-10H,15H2,1H3/q+1. The Morgan fingerprint density at radius 1 is 1.12 bits per heavy atom. The van der Waals surface area contributed by atoms with Crippen molar-refractivity contribution in [2.45, 2.75) is 6.92 Å². The number of benzene rings is 1. The Bertz CT molecular complexity index is 622. The molecule has 0 bridgehead atoms. The summed E-state index contributed by atoms with van der Waals surface area (Å²) in [6, 6.07) is 14.4. The zero-order chi connectivity index (χ0) is 11.8. The fraction of sp³-hybridized carbons (Fsp3) is 0.0714. The lowest BCUT2D eigenvalue weighted by Gasteiger charge is -2.06. The highest BCUT2D eigenvalue weighted by molar-refractivity contribution is 5.58. The number of rotatable bonds is 1. The molecule has 0 spiro atoms. The van der Waals surface area contributed by atoms with Crippen molar-refractivity contribution in [3.63, 3.8) is 0 Å². The topological polar surface area (TPSA) is 34.8 Å². The van der Waals surface area contributed by atoms with E-state index in [0.717, 1.165) is 22.6 Å². The van der Waals surface area contributed by atoms with Gasteiger partial charge < -0.3 is 4.57 Å². The number of fused-ring (bicyclic) bond motifs is 1. The number of aromatic nitrogens is 2. The summed E-state index contributed by atoms with van der Waals surface area (Å²) in [6.45, 7) is 2.01. The number of para-hydroxylation sites is 1. The summed E-state index contributed by atoms with van der Waals surface area (Å²) < 4.78 is 3.79. The van der Waals surface area contributed by atoms with E-state index in [1.165, 1.54) is 0 Å². The van der Waals surface area contributed by atoms with Gasteiger partial charge in [0.15, 0.2) is 0 Å². The second-order valence-electron chi connectivity index (χ2n) is 4.18. The number of nitrogen functional groups attached to an aromatic ring is 1. The van der Waals surface area contributed by atoms with Crippen molar-refractivity contribution in [2.24, 2.45) is 0 Å². The van der Waals surface area contributed by atoms with Crippen LogP contribution in [-0.2, 0) is 0 Å². The summed E-state index contributed by atoms with van der Waals surface area (Å²) in [4.78, 5) is 0. The number of nitrogens with zero attached hydrogens (tertiary/aromatic N) is 2. The number of hydrogen-bond acceptors (Lipinski definition) is 1. The molecule has 0 unspecified atom stereocenters. The minimum Gasteiger partial charge on any atom is -0.317 e. The first-order chi connectivity index (χ1) is 8.25. The quantitative estimate of drug-likeness (QED) is 0.497. The first kappa shape index (κ1) is 9.90. The molecule has 0 saturated heterocycles. The van der Waals surface area contributed by atoms with E-state index in [0.29, 0.717) is 0 Å². The number of hydrogen-bond donors (Lipinski definition) is 1. The minimum absolute atomic E-state index is 1.04. The predicted molar refractivity (Wildman–Crippen MR) is 67.5 cm³/mol.